The van der Waals surface area contributed by atoms with Crippen LogP contribution in [-0.4, -0.2) is 34.8 Å². The van der Waals surface area contributed by atoms with Crippen molar-refractivity contribution in [2.75, 3.05) is 14.2 Å². The minimum atomic E-state index is -0.456. The second-order valence-electron chi connectivity index (χ2n) is 6.34. The highest BCUT2D eigenvalue weighted by Gasteiger charge is 2.19. The van der Waals surface area contributed by atoms with Crippen LogP contribution in [0.5, 0.6) is 0 Å². The molecule has 2 aromatic heterocycles. The van der Waals surface area contributed by atoms with Gasteiger partial charge in [-0.2, -0.15) is 5.10 Å². The third kappa shape index (κ3) is 3.55. The number of aryl methyl sites for hydroxylation is 1. The number of benzene rings is 1. The molecule has 0 aliphatic rings. The molecule has 0 bridgehead atoms. The Labute approximate surface area is 153 Å². The average molecular weight is 353 g/mol. The minimum Gasteiger partial charge on any atom is -0.463 e. The van der Waals surface area contributed by atoms with E-state index in [0.29, 0.717) is 6.54 Å². The molecule has 0 aliphatic carbocycles. The van der Waals surface area contributed by atoms with E-state index in [1.165, 1.54) is 18.9 Å². The van der Waals surface area contributed by atoms with Gasteiger partial charge in [0.1, 0.15) is 0 Å². The molecule has 1 aromatic carbocycles. The molecule has 3 aromatic rings. The molecule has 0 unspecified atom stereocenters. The second kappa shape index (κ2) is 7.58. The number of ether oxygens (including phenoxy) is 1. The Balaban J connectivity index is 1.78. The summed E-state index contributed by atoms with van der Waals surface area (Å²) in [7, 11) is 3.36. The summed E-state index contributed by atoms with van der Waals surface area (Å²) in [5.74, 6) is -0.199. The number of nitrogens with zero attached hydrogens (tertiary/aromatic N) is 3. The number of carbonyl (C=O) groups is 1. The van der Waals surface area contributed by atoms with E-state index in [4.69, 9.17) is 9.15 Å². The first-order valence-electron chi connectivity index (χ1n) is 8.45. The zero-order valence-corrected chi connectivity index (χ0v) is 15.5. The lowest BCUT2D eigenvalue weighted by Crippen LogP contribution is -2.19. The van der Waals surface area contributed by atoms with E-state index in [1.807, 2.05) is 49.0 Å². The molecule has 0 fully saturated rings. The summed E-state index contributed by atoms with van der Waals surface area (Å²) >= 11 is 0. The Hall–Kier alpha value is -2.86. The van der Waals surface area contributed by atoms with Gasteiger partial charge in [-0.3, -0.25) is 4.90 Å². The molecule has 0 atom stereocenters. The molecule has 0 spiro atoms. The largest absolute Gasteiger partial charge is 0.463 e. The van der Waals surface area contributed by atoms with Gasteiger partial charge in [0, 0.05) is 29.9 Å². The maximum Gasteiger partial charge on any atom is 0.374 e. The van der Waals surface area contributed by atoms with Crippen molar-refractivity contribution >= 4 is 5.97 Å². The first-order chi connectivity index (χ1) is 12.5. The smallest absolute Gasteiger partial charge is 0.374 e. The van der Waals surface area contributed by atoms with E-state index in [1.54, 1.807) is 6.07 Å². The van der Waals surface area contributed by atoms with E-state index in [-0.39, 0.29) is 5.76 Å². The minimum absolute atomic E-state index is 0.257. The molecule has 136 valence electrons. The molecular formula is C20H23N3O3. The second-order valence-corrected chi connectivity index (χ2v) is 6.34. The van der Waals surface area contributed by atoms with Crippen LogP contribution >= 0.6 is 0 Å². The lowest BCUT2D eigenvalue weighted by molar-refractivity contribution is 0.0562. The van der Waals surface area contributed by atoms with Crippen molar-refractivity contribution in [2.45, 2.75) is 26.9 Å². The first-order valence-corrected chi connectivity index (χ1v) is 8.45. The fraction of sp³-hybridized carbons (Fsp3) is 0.300. The van der Waals surface area contributed by atoms with Crippen molar-refractivity contribution in [3.05, 3.63) is 70.9 Å². The number of hydrogen-bond acceptors (Lipinski definition) is 5. The van der Waals surface area contributed by atoms with Crippen LogP contribution in [0.3, 0.4) is 0 Å². The molecule has 0 saturated carbocycles. The lowest BCUT2D eigenvalue weighted by atomic mass is 10.1. The van der Waals surface area contributed by atoms with Gasteiger partial charge in [0.25, 0.3) is 0 Å². The van der Waals surface area contributed by atoms with Crippen molar-refractivity contribution in [2.24, 2.45) is 0 Å². The summed E-state index contributed by atoms with van der Waals surface area (Å²) in [5.41, 5.74) is 5.15. The topological polar surface area (TPSA) is 60.5 Å². The molecular weight excluding hydrogens is 330 g/mol. The van der Waals surface area contributed by atoms with Crippen molar-refractivity contribution < 1.29 is 13.9 Å². The van der Waals surface area contributed by atoms with Gasteiger partial charge in [-0.15, -0.1) is 0 Å². The van der Waals surface area contributed by atoms with Crippen molar-refractivity contribution in [3.8, 4) is 5.69 Å². The van der Waals surface area contributed by atoms with Crippen molar-refractivity contribution in [1.29, 1.82) is 0 Å². The molecule has 3 rings (SSSR count). The van der Waals surface area contributed by atoms with E-state index in [0.717, 1.165) is 29.2 Å². The monoisotopic (exact) mass is 353 g/mol. The summed E-state index contributed by atoms with van der Waals surface area (Å²) in [6.45, 7) is 5.40. The standard InChI is InChI=1S/C20H23N3O3/c1-14-18(15(2)23(21-14)17-8-6-5-7-9-17)13-22(3)12-16-10-11-26-19(16)20(24)25-4/h5-11H,12-13H2,1-4H3. The van der Waals surface area contributed by atoms with Crippen LogP contribution in [0.2, 0.25) is 0 Å². The summed E-state index contributed by atoms with van der Waals surface area (Å²) in [6, 6.07) is 11.9. The van der Waals surface area contributed by atoms with Gasteiger partial charge in [-0.1, -0.05) is 18.2 Å². The quantitative estimate of drug-likeness (QED) is 0.635. The molecule has 26 heavy (non-hydrogen) atoms. The summed E-state index contributed by atoms with van der Waals surface area (Å²) < 4.78 is 12.0. The van der Waals surface area contributed by atoms with Crippen molar-refractivity contribution in [1.82, 2.24) is 14.7 Å². The number of furan rings is 1. The van der Waals surface area contributed by atoms with Crippen LogP contribution in [0.15, 0.2) is 47.1 Å². The molecule has 6 heteroatoms. The number of para-hydroxylation sites is 1. The average Bonchev–Trinajstić information content (AvgIpc) is 3.21. The molecule has 6 nitrogen and oxygen atoms in total. The summed E-state index contributed by atoms with van der Waals surface area (Å²) in [6.07, 6.45) is 1.51. The lowest BCUT2D eigenvalue weighted by Gasteiger charge is -2.16. The van der Waals surface area contributed by atoms with Crippen LogP contribution in [0.1, 0.15) is 33.1 Å². The molecule has 0 saturated heterocycles. The van der Waals surface area contributed by atoms with Crippen LogP contribution in [0, 0.1) is 13.8 Å². The van der Waals surface area contributed by atoms with Crippen LogP contribution in [0.25, 0.3) is 5.69 Å². The van der Waals surface area contributed by atoms with Gasteiger partial charge in [0.2, 0.25) is 5.76 Å². The predicted molar refractivity (Wildman–Crippen MR) is 98.3 cm³/mol. The highest BCUT2D eigenvalue weighted by Crippen LogP contribution is 2.21. The Morgan fingerprint density at radius 1 is 1.19 bits per heavy atom. The highest BCUT2D eigenvalue weighted by molar-refractivity contribution is 5.87. The molecule has 0 aliphatic heterocycles. The Morgan fingerprint density at radius 3 is 2.62 bits per heavy atom. The summed E-state index contributed by atoms with van der Waals surface area (Å²) in [4.78, 5) is 13.9. The van der Waals surface area contributed by atoms with Gasteiger partial charge in [0.05, 0.1) is 24.8 Å². The van der Waals surface area contributed by atoms with E-state index in [2.05, 4.69) is 16.9 Å². The van der Waals surface area contributed by atoms with Gasteiger partial charge >= 0.3 is 5.97 Å². The van der Waals surface area contributed by atoms with Gasteiger partial charge in [-0.05, 0) is 39.1 Å². The number of aromatic nitrogens is 2. The molecule has 0 N–H and O–H groups in total. The predicted octanol–water partition coefficient (Wildman–Crippen LogP) is 3.50. The molecule has 0 amide bonds. The van der Waals surface area contributed by atoms with Crippen molar-refractivity contribution in [3.63, 3.8) is 0 Å². The fourth-order valence-corrected chi connectivity index (χ4v) is 3.07. The normalized spacial score (nSPS) is 11.1. The summed E-state index contributed by atoms with van der Waals surface area (Å²) in [5, 5.41) is 4.69. The Morgan fingerprint density at radius 2 is 1.92 bits per heavy atom. The third-order valence-electron chi connectivity index (χ3n) is 4.43. The number of esters is 1. The maximum absolute atomic E-state index is 11.8. The van der Waals surface area contributed by atoms with Gasteiger partial charge in [-0.25, -0.2) is 9.48 Å². The van der Waals surface area contributed by atoms with Gasteiger partial charge < -0.3 is 9.15 Å². The zero-order chi connectivity index (χ0) is 18.7. The van der Waals surface area contributed by atoms with Gasteiger partial charge in [0.15, 0.2) is 0 Å². The highest BCUT2D eigenvalue weighted by atomic mass is 16.5. The fourth-order valence-electron chi connectivity index (χ4n) is 3.07. The number of methoxy groups -OCH3 is 1. The van der Waals surface area contributed by atoms with E-state index < -0.39 is 5.97 Å². The number of hydrogen-bond donors (Lipinski definition) is 0. The molecule has 2 heterocycles. The maximum atomic E-state index is 11.8. The SMILES string of the molecule is COC(=O)c1occc1CN(C)Cc1c(C)nn(-c2ccccc2)c1C. The number of carbonyl (C=O) groups excluding carboxylic acids is 1. The van der Waals surface area contributed by atoms with Crippen LogP contribution < -0.4 is 0 Å². The first kappa shape index (κ1) is 17.9. The van der Waals surface area contributed by atoms with Crippen LogP contribution in [0.4, 0.5) is 0 Å². The van der Waals surface area contributed by atoms with E-state index >= 15 is 0 Å². The zero-order valence-electron chi connectivity index (χ0n) is 15.5. The van der Waals surface area contributed by atoms with Crippen LogP contribution in [-0.2, 0) is 17.8 Å². The molecule has 0 radical (unpaired) electrons. The number of rotatable bonds is 6. The van der Waals surface area contributed by atoms with E-state index in [9.17, 15) is 4.79 Å². The Kier molecular flexibility index (Phi) is 5.23. The third-order valence-corrected chi connectivity index (χ3v) is 4.43. The Bertz CT molecular complexity index is 896.